The van der Waals surface area contributed by atoms with Gasteiger partial charge < -0.3 is 15.4 Å². The maximum absolute atomic E-state index is 6.10. The molecule has 0 spiro atoms. The molecule has 0 aliphatic heterocycles. The standard InChI is InChI=1S/C15H26N2O/c1-4-5-6-14(16)12-17(2)11-13-7-9-15(18-3)10-8-13/h7-10,14H,4-6,11-12,16H2,1-3H3. The van der Waals surface area contributed by atoms with Crippen molar-refractivity contribution < 1.29 is 4.74 Å². The van der Waals surface area contributed by atoms with E-state index in [1.54, 1.807) is 7.11 Å². The summed E-state index contributed by atoms with van der Waals surface area (Å²) in [5.41, 5.74) is 7.39. The molecule has 3 nitrogen and oxygen atoms in total. The summed E-state index contributed by atoms with van der Waals surface area (Å²) in [4.78, 5) is 2.28. The third kappa shape index (κ3) is 5.52. The third-order valence-corrected chi connectivity index (χ3v) is 3.09. The number of rotatable bonds is 8. The molecule has 1 atom stereocenters. The highest BCUT2D eigenvalue weighted by atomic mass is 16.5. The van der Waals surface area contributed by atoms with Crippen LogP contribution in [-0.4, -0.2) is 31.6 Å². The molecular weight excluding hydrogens is 224 g/mol. The van der Waals surface area contributed by atoms with E-state index < -0.39 is 0 Å². The predicted molar refractivity (Wildman–Crippen MR) is 76.8 cm³/mol. The fourth-order valence-corrected chi connectivity index (χ4v) is 2.07. The van der Waals surface area contributed by atoms with E-state index in [9.17, 15) is 0 Å². The van der Waals surface area contributed by atoms with Crippen LogP contribution in [0.1, 0.15) is 31.7 Å². The first-order valence-corrected chi connectivity index (χ1v) is 6.72. The largest absolute Gasteiger partial charge is 0.497 e. The molecule has 1 aromatic rings. The van der Waals surface area contributed by atoms with Crippen LogP contribution in [0.25, 0.3) is 0 Å². The van der Waals surface area contributed by atoms with E-state index in [1.165, 1.54) is 18.4 Å². The first-order valence-electron chi connectivity index (χ1n) is 6.72. The van der Waals surface area contributed by atoms with Crippen LogP contribution in [0.2, 0.25) is 0 Å². The zero-order valence-electron chi connectivity index (χ0n) is 11.9. The van der Waals surface area contributed by atoms with Gasteiger partial charge in [-0.2, -0.15) is 0 Å². The molecule has 102 valence electrons. The lowest BCUT2D eigenvalue weighted by Crippen LogP contribution is -2.34. The van der Waals surface area contributed by atoms with E-state index in [2.05, 4.69) is 31.0 Å². The second-order valence-electron chi connectivity index (χ2n) is 4.95. The molecule has 0 fully saturated rings. The summed E-state index contributed by atoms with van der Waals surface area (Å²) < 4.78 is 5.15. The zero-order chi connectivity index (χ0) is 13.4. The number of nitrogens with zero attached hydrogens (tertiary/aromatic N) is 1. The van der Waals surface area contributed by atoms with Crippen LogP contribution in [0.5, 0.6) is 5.75 Å². The topological polar surface area (TPSA) is 38.5 Å². The number of nitrogens with two attached hydrogens (primary N) is 1. The van der Waals surface area contributed by atoms with Gasteiger partial charge in [0, 0.05) is 19.1 Å². The summed E-state index contributed by atoms with van der Waals surface area (Å²) in [6, 6.07) is 8.49. The van der Waals surface area contributed by atoms with E-state index in [4.69, 9.17) is 10.5 Å². The van der Waals surface area contributed by atoms with Crippen molar-refractivity contribution in [3.63, 3.8) is 0 Å². The summed E-state index contributed by atoms with van der Waals surface area (Å²) in [5, 5.41) is 0. The summed E-state index contributed by atoms with van der Waals surface area (Å²) in [5.74, 6) is 0.904. The Morgan fingerprint density at radius 3 is 2.50 bits per heavy atom. The van der Waals surface area contributed by atoms with Gasteiger partial charge >= 0.3 is 0 Å². The van der Waals surface area contributed by atoms with E-state index in [1.807, 2.05) is 12.1 Å². The van der Waals surface area contributed by atoms with Gasteiger partial charge in [0.25, 0.3) is 0 Å². The van der Waals surface area contributed by atoms with Crippen molar-refractivity contribution in [1.82, 2.24) is 4.90 Å². The summed E-state index contributed by atoms with van der Waals surface area (Å²) >= 11 is 0. The minimum absolute atomic E-state index is 0.285. The van der Waals surface area contributed by atoms with Crippen LogP contribution in [0, 0.1) is 0 Å². The third-order valence-electron chi connectivity index (χ3n) is 3.09. The molecule has 0 bridgehead atoms. The lowest BCUT2D eigenvalue weighted by Gasteiger charge is -2.21. The zero-order valence-corrected chi connectivity index (χ0v) is 11.9. The van der Waals surface area contributed by atoms with Gasteiger partial charge in [0.2, 0.25) is 0 Å². The minimum Gasteiger partial charge on any atom is -0.497 e. The van der Waals surface area contributed by atoms with Crippen molar-refractivity contribution in [2.45, 2.75) is 38.8 Å². The Bertz CT molecular complexity index is 324. The van der Waals surface area contributed by atoms with Gasteiger partial charge in [-0.15, -0.1) is 0 Å². The Kier molecular flexibility index (Phi) is 6.76. The first-order chi connectivity index (χ1) is 8.65. The molecule has 2 N–H and O–H groups in total. The molecule has 18 heavy (non-hydrogen) atoms. The number of hydrogen-bond donors (Lipinski definition) is 1. The van der Waals surface area contributed by atoms with Crippen LogP contribution in [0.15, 0.2) is 24.3 Å². The van der Waals surface area contributed by atoms with Gasteiger partial charge in [0.15, 0.2) is 0 Å². The van der Waals surface area contributed by atoms with Gasteiger partial charge in [0.1, 0.15) is 5.75 Å². The van der Waals surface area contributed by atoms with Crippen molar-refractivity contribution in [2.24, 2.45) is 5.73 Å². The highest BCUT2D eigenvalue weighted by molar-refractivity contribution is 5.27. The quantitative estimate of drug-likeness (QED) is 0.771. The molecule has 1 aromatic carbocycles. The number of ether oxygens (including phenoxy) is 1. The monoisotopic (exact) mass is 250 g/mol. The van der Waals surface area contributed by atoms with E-state index in [0.29, 0.717) is 0 Å². The van der Waals surface area contributed by atoms with E-state index in [-0.39, 0.29) is 6.04 Å². The van der Waals surface area contributed by atoms with Gasteiger partial charge in [-0.3, -0.25) is 0 Å². The molecule has 0 saturated carbocycles. The Morgan fingerprint density at radius 2 is 1.94 bits per heavy atom. The van der Waals surface area contributed by atoms with Gasteiger partial charge in [0.05, 0.1) is 7.11 Å². The summed E-state index contributed by atoms with van der Waals surface area (Å²) in [7, 11) is 3.81. The maximum Gasteiger partial charge on any atom is 0.118 e. The molecule has 1 unspecified atom stereocenters. The lowest BCUT2D eigenvalue weighted by atomic mass is 10.1. The highest BCUT2D eigenvalue weighted by Gasteiger charge is 2.07. The second-order valence-corrected chi connectivity index (χ2v) is 4.95. The lowest BCUT2D eigenvalue weighted by molar-refractivity contribution is 0.295. The van der Waals surface area contributed by atoms with E-state index >= 15 is 0 Å². The molecule has 0 aliphatic rings. The molecule has 0 amide bonds. The van der Waals surface area contributed by atoms with Gasteiger partial charge in [-0.05, 0) is 31.2 Å². The van der Waals surface area contributed by atoms with Crippen molar-refractivity contribution in [2.75, 3.05) is 20.7 Å². The molecule has 0 aromatic heterocycles. The summed E-state index contributed by atoms with van der Waals surface area (Å²) in [6.07, 6.45) is 3.55. The fourth-order valence-electron chi connectivity index (χ4n) is 2.07. The van der Waals surface area contributed by atoms with Crippen molar-refractivity contribution >= 4 is 0 Å². The number of hydrogen-bond acceptors (Lipinski definition) is 3. The smallest absolute Gasteiger partial charge is 0.118 e. The summed E-state index contributed by atoms with van der Waals surface area (Å²) in [6.45, 7) is 4.09. The van der Waals surface area contributed by atoms with Crippen LogP contribution >= 0.6 is 0 Å². The molecule has 0 aliphatic carbocycles. The molecule has 0 saturated heterocycles. The SMILES string of the molecule is CCCCC(N)CN(C)Cc1ccc(OC)cc1. The van der Waals surface area contributed by atoms with Gasteiger partial charge in [-0.1, -0.05) is 31.9 Å². The number of likely N-dealkylation sites (N-methyl/N-ethyl adjacent to an activating group) is 1. The number of benzene rings is 1. The molecule has 3 heteroatoms. The molecule has 0 radical (unpaired) electrons. The first kappa shape index (κ1) is 15.0. The average molecular weight is 250 g/mol. The number of methoxy groups -OCH3 is 1. The Balaban J connectivity index is 2.36. The molecule has 0 heterocycles. The second kappa shape index (κ2) is 8.11. The van der Waals surface area contributed by atoms with Crippen LogP contribution < -0.4 is 10.5 Å². The molecular formula is C15H26N2O. The fraction of sp³-hybridized carbons (Fsp3) is 0.600. The Labute approximate surface area is 111 Å². The normalized spacial score (nSPS) is 12.7. The highest BCUT2D eigenvalue weighted by Crippen LogP contribution is 2.12. The average Bonchev–Trinajstić information content (AvgIpc) is 2.37. The Hall–Kier alpha value is -1.06. The molecule has 1 rings (SSSR count). The minimum atomic E-state index is 0.285. The van der Waals surface area contributed by atoms with Crippen LogP contribution in [0.4, 0.5) is 0 Å². The van der Waals surface area contributed by atoms with Crippen molar-refractivity contribution in [3.05, 3.63) is 29.8 Å². The van der Waals surface area contributed by atoms with Crippen molar-refractivity contribution in [3.8, 4) is 5.75 Å². The number of unbranched alkanes of at least 4 members (excludes halogenated alkanes) is 1. The van der Waals surface area contributed by atoms with E-state index in [0.717, 1.165) is 25.3 Å². The van der Waals surface area contributed by atoms with Crippen LogP contribution in [-0.2, 0) is 6.54 Å². The van der Waals surface area contributed by atoms with Gasteiger partial charge in [-0.25, -0.2) is 0 Å². The maximum atomic E-state index is 6.10. The Morgan fingerprint density at radius 1 is 1.28 bits per heavy atom. The predicted octanol–water partition coefficient (Wildman–Crippen LogP) is 2.64. The van der Waals surface area contributed by atoms with Crippen molar-refractivity contribution in [1.29, 1.82) is 0 Å². The van der Waals surface area contributed by atoms with Crippen LogP contribution in [0.3, 0.4) is 0 Å².